The predicted octanol–water partition coefficient (Wildman–Crippen LogP) is 2.40. The molecule has 1 aromatic heterocycles. The second kappa shape index (κ2) is 7.49. The normalized spacial score (nSPS) is 10.6. The van der Waals surface area contributed by atoms with Gasteiger partial charge in [-0.1, -0.05) is 13.8 Å². The zero-order valence-electron chi connectivity index (χ0n) is 13.2. The third kappa shape index (κ3) is 4.60. The summed E-state index contributed by atoms with van der Waals surface area (Å²) >= 11 is 0. The van der Waals surface area contributed by atoms with E-state index in [9.17, 15) is 9.59 Å². The molecule has 2 rings (SSSR count). The SMILES string of the molecule is CC(C)C(=O)c1ccc(OCC(=O)NCc2ccco2)c(N)c1. The first-order valence-electron chi connectivity index (χ1n) is 7.33. The number of carbonyl (C=O) groups excluding carboxylic acids is 2. The van der Waals surface area contributed by atoms with E-state index in [0.717, 1.165) is 0 Å². The van der Waals surface area contributed by atoms with Crippen LogP contribution < -0.4 is 15.8 Å². The molecule has 122 valence electrons. The summed E-state index contributed by atoms with van der Waals surface area (Å²) in [6, 6.07) is 8.33. The number of benzene rings is 1. The fourth-order valence-corrected chi connectivity index (χ4v) is 1.96. The Hall–Kier alpha value is -2.76. The van der Waals surface area contributed by atoms with Crippen molar-refractivity contribution in [1.29, 1.82) is 0 Å². The van der Waals surface area contributed by atoms with Gasteiger partial charge in [0.15, 0.2) is 12.4 Å². The van der Waals surface area contributed by atoms with Crippen LogP contribution in [0.2, 0.25) is 0 Å². The van der Waals surface area contributed by atoms with Crippen molar-refractivity contribution in [3.8, 4) is 5.75 Å². The van der Waals surface area contributed by atoms with Crippen LogP contribution in [-0.2, 0) is 11.3 Å². The number of ketones is 1. The first-order valence-corrected chi connectivity index (χ1v) is 7.33. The largest absolute Gasteiger partial charge is 0.482 e. The molecule has 0 saturated carbocycles. The second-order valence-corrected chi connectivity index (χ2v) is 5.42. The maximum atomic E-state index is 11.9. The van der Waals surface area contributed by atoms with Gasteiger partial charge in [0, 0.05) is 11.5 Å². The maximum Gasteiger partial charge on any atom is 0.258 e. The lowest BCUT2D eigenvalue weighted by Gasteiger charge is -2.11. The number of nitrogens with one attached hydrogen (secondary N) is 1. The van der Waals surface area contributed by atoms with Crippen LogP contribution in [0.5, 0.6) is 5.75 Å². The number of nitrogen functional groups attached to an aromatic ring is 1. The fraction of sp³-hybridized carbons (Fsp3) is 0.294. The number of amides is 1. The molecule has 0 aliphatic rings. The molecule has 1 heterocycles. The van der Waals surface area contributed by atoms with Gasteiger partial charge in [0.25, 0.3) is 5.91 Å². The van der Waals surface area contributed by atoms with Crippen molar-refractivity contribution >= 4 is 17.4 Å². The van der Waals surface area contributed by atoms with Gasteiger partial charge in [-0.2, -0.15) is 0 Å². The number of ether oxygens (including phenoxy) is 1. The smallest absolute Gasteiger partial charge is 0.258 e. The average molecular weight is 316 g/mol. The predicted molar refractivity (Wildman–Crippen MR) is 86.1 cm³/mol. The summed E-state index contributed by atoms with van der Waals surface area (Å²) in [5, 5.41) is 2.67. The lowest BCUT2D eigenvalue weighted by molar-refractivity contribution is -0.123. The first kappa shape index (κ1) is 16.6. The van der Waals surface area contributed by atoms with E-state index < -0.39 is 0 Å². The molecule has 6 heteroatoms. The minimum Gasteiger partial charge on any atom is -0.482 e. The van der Waals surface area contributed by atoms with Gasteiger partial charge >= 0.3 is 0 Å². The maximum absolute atomic E-state index is 11.9. The van der Waals surface area contributed by atoms with Crippen molar-refractivity contribution in [3.63, 3.8) is 0 Å². The molecule has 23 heavy (non-hydrogen) atoms. The van der Waals surface area contributed by atoms with Crippen molar-refractivity contribution in [3.05, 3.63) is 47.9 Å². The van der Waals surface area contributed by atoms with Crippen molar-refractivity contribution < 1.29 is 18.7 Å². The van der Waals surface area contributed by atoms with E-state index in [1.165, 1.54) is 0 Å². The second-order valence-electron chi connectivity index (χ2n) is 5.42. The monoisotopic (exact) mass is 316 g/mol. The van der Waals surface area contributed by atoms with Gasteiger partial charge in [-0.3, -0.25) is 9.59 Å². The zero-order chi connectivity index (χ0) is 16.8. The Morgan fingerprint density at radius 2 is 2.09 bits per heavy atom. The Bertz CT molecular complexity index is 678. The van der Waals surface area contributed by atoms with Crippen LogP contribution in [0, 0.1) is 5.92 Å². The Labute approximate surface area is 134 Å². The fourth-order valence-electron chi connectivity index (χ4n) is 1.96. The molecule has 0 saturated heterocycles. The van der Waals surface area contributed by atoms with E-state index in [-0.39, 0.29) is 24.2 Å². The number of nitrogens with two attached hydrogens (primary N) is 1. The van der Waals surface area contributed by atoms with Crippen LogP contribution >= 0.6 is 0 Å². The number of carbonyl (C=O) groups is 2. The van der Waals surface area contributed by atoms with Crippen LogP contribution in [0.3, 0.4) is 0 Å². The highest BCUT2D eigenvalue weighted by Gasteiger charge is 2.13. The highest BCUT2D eigenvalue weighted by atomic mass is 16.5. The number of anilines is 1. The lowest BCUT2D eigenvalue weighted by Crippen LogP contribution is -2.28. The summed E-state index contributed by atoms with van der Waals surface area (Å²) in [5.74, 6) is 0.656. The van der Waals surface area contributed by atoms with Crippen molar-refractivity contribution in [2.45, 2.75) is 20.4 Å². The molecular weight excluding hydrogens is 296 g/mol. The summed E-state index contributed by atoms with van der Waals surface area (Å²) in [7, 11) is 0. The van der Waals surface area contributed by atoms with Crippen LogP contribution in [0.4, 0.5) is 5.69 Å². The minimum absolute atomic E-state index is 0.0134. The molecular formula is C17H20N2O4. The van der Waals surface area contributed by atoms with E-state index >= 15 is 0 Å². The Balaban J connectivity index is 1.87. The van der Waals surface area contributed by atoms with E-state index in [4.69, 9.17) is 14.9 Å². The summed E-state index contributed by atoms with van der Waals surface area (Å²) in [5.41, 5.74) is 6.74. The molecule has 0 aliphatic carbocycles. The van der Waals surface area contributed by atoms with Crippen molar-refractivity contribution in [1.82, 2.24) is 5.32 Å². The van der Waals surface area contributed by atoms with Gasteiger partial charge < -0.3 is 20.2 Å². The number of furan rings is 1. The summed E-state index contributed by atoms with van der Waals surface area (Å²) < 4.78 is 10.5. The molecule has 0 radical (unpaired) electrons. The van der Waals surface area contributed by atoms with Crippen LogP contribution in [0.1, 0.15) is 30.0 Å². The molecule has 0 bridgehead atoms. The average Bonchev–Trinajstić information content (AvgIpc) is 3.04. The molecule has 1 amide bonds. The third-order valence-corrected chi connectivity index (χ3v) is 3.22. The van der Waals surface area contributed by atoms with E-state index in [1.807, 2.05) is 13.8 Å². The van der Waals surface area contributed by atoms with Crippen LogP contribution in [0.15, 0.2) is 41.0 Å². The van der Waals surface area contributed by atoms with Crippen LogP contribution in [0.25, 0.3) is 0 Å². The molecule has 1 aromatic carbocycles. The quantitative estimate of drug-likeness (QED) is 0.604. The van der Waals surface area contributed by atoms with Gasteiger partial charge in [0.1, 0.15) is 11.5 Å². The zero-order valence-corrected chi connectivity index (χ0v) is 13.2. The van der Waals surface area contributed by atoms with Crippen molar-refractivity contribution in [2.75, 3.05) is 12.3 Å². The molecule has 2 aromatic rings. The number of Topliss-reactive ketones (excluding diaryl/α,β-unsaturated/α-hetero) is 1. The van der Waals surface area contributed by atoms with Gasteiger partial charge in [-0.15, -0.1) is 0 Å². The lowest BCUT2D eigenvalue weighted by atomic mass is 10.0. The molecule has 6 nitrogen and oxygen atoms in total. The molecule has 0 spiro atoms. The van der Waals surface area contributed by atoms with Gasteiger partial charge in [-0.25, -0.2) is 0 Å². The van der Waals surface area contributed by atoms with Gasteiger partial charge in [0.2, 0.25) is 0 Å². The molecule has 0 atom stereocenters. The number of hydrogen-bond acceptors (Lipinski definition) is 5. The topological polar surface area (TPSA) is 94.6 Å². The van der Waals surface area contributed by atoms with Gasteiger partial charge in [-0.05, 0) is 30.3 Å². The Kier molecular flexibility index (Phi) is 5.41. The summed E-state index contributed by atoms with van der Waals surface area (Å²) in [6.07, 6.45) is 1.54. The summed E-state index contributed by atoms with van der Waals surface area (Å²) in [6.45, 7) is 3.79. The Morgan fingerprint density at radius 1 is 1.30 bits per heavy atom. The van der Waals surface area contributed by atoms with Crippen LogP contribution in [-0.4, -0.2) is 18.3 Å². The summed E-state index contributed by atoms with van der Waals surface area (Å²) in [4.78, 5) is 23.6. The minimum atomic E-state index is -0.289. The van der Waals surface area contributed by atoms with E-state index in [2.05, 4.69) is 5.32 Å². The van der Waals surface area contributed by atoms with Gasteiger partial charge in [0.05, 0.1) is 18.5 Å². The molecule has 0 aliphatic heterocycles. The highest BCUT2D eigenvalue weighted by Crippen LogP contribution is 2.23. The van der Waals surface area contributed by atoms with E-state index in [1.54, 1.807) is 36.6 Å². The molecule has 0 fully saturated rings. The number of rotatable bonds is 7. The third-order valence-electron chi connectivity index (χ3n) is 3.22. The Morgan fingerprint density at radius 3 is 2.70 bits per heavy atom. The first-order chi connectivity index (χ1) is 11.0. The number of hydrogen-bond donors (Lipinski definition) is 2. The van der Waals surface area contributed by atoms with Crippen molar-refractivity contribution in [2.24, 2.45) is 5.92 Å². The molecule has 3 N–H and O–H groups in total. The van der Waals surface area contributed by atoms with E-state index in [0.29, 0.717) is 29.3 Å². The highest BCUT2D eigenvalue weighted by molar-refractivity contribution is 5.98. The standard InChI is InChI=1S/C17H20N2O4/c1-11(2)17(21)12-5-6-15(14(18)8-12)23-10-16(20)19-9-13-4-3-7-22-13/h3-8,11H,9-10,18H2,1-2H3,(H,19,20). The molecule has 0 unspecified atom stereocenters.